The number of benzene rings is 1. The fraction of sp³-hybridized carbons (Fsp3) is 0.364. The summed E-state index contributed by atoms with van der Waals surface area (Å²) in [6.07, 6.45) is 0. The Bertz CT molecular complexity index is 363. The van der Waals surface area contributed by atoms with Crippen molar-refractivity contribution in [3.63, 3.8) is 0 Å². The highest BCUT2D eigenvalue weighted by Gasteiger charge is 2.18. The van der Waals surface area contributed by atoms with E-state index in [0.717, 1.165) is 13.1 Å². The van der Waals surface area contributed by atoms with Crippen LogP contribution in [-0.4, -0.2) is 31.6 Å². The van der Waals surface area contributed by atoms with Gasteiger partial charge in [-0.2, -0.15) is 0 Å². The van der Waals surface area contributed by atoms with Gasteiger partial charge in [0.1, 0.15) is 5.75 Å². The second-order valence-corrected chi connectivity index (χ2v) is 4.10. The molecule has 0 aliphatic carbocycles. The van der Waals surface area contributed by atoms with Crippen LogP contribution in [0.4, 0.5) is 0 Å². The zero-order valence-electron chi connectivity index (χ0n) is 8.70. The monoisotopic (exact) mass is 240 g/mol. The SMILES string of the molecule is O=C(COc1ccc(Cl)cc1)NC1CNC1. The van der Waals surface area contributed by atoms with E-state index in [2.05, 4.69) is 10.6 Å². The number of carbonyl (C=O) groups excluding carboxylic acids is 1. The summed E-state index contributed by atoms with van der Waals surface area (Å²) in [5, 5.41) is 6.57. The summed E-state index contributed by atoms with van der Waals surface area (Å²) in [6, 6.07) is 7.18. The molecule has 0 saturated carbocycles. The zero-order chi connectivity index (χ0) is 11.4. The third kappa shape index (κ3) is 3.12. The van der Waals surface area contributed by atoms with E-state index < -0.39 is 0 Å². The van der Waals surface area contributed by atoms with Crippen molar-refractivity contribution in [1.29, 1.82) is 0 Å². The predicted molar refractivity (Wildman–Crippen MR) is 61.7 cm³/mol. The quantitative estimate of drug-likeness (QED) is 0.819. The van der Waals surface area contributed by atoms with Gasteiger partial charge in [-0.25, -0.2) is 0 Å². The number of ether oxygens (including phenoxy) is 1. The summed E-state index contributed by atoms with van der Waals surface area (Å²) in [6.45, 7) is 1.72. The van der Waals surface area contributed by atoms with Crippen LogP contribution in [0, 0.1) is 0 Å². The molecule has 0 spiro atoms. The first kappa shape index (κ1) is 11.2. The van der Waals surface area contributed by atoms with Crippen molar-refractivity contribution in [3.8, 4) is 5.75 Å². The van der Waals surface area contributed by atoms with E-state index in [0.29, 0.717) is 10.8 Å². The lowest BCUT2D eigenvalue weighted by molar-refractivity contribution is -0.124. The van der Waals surface area contributed by atoms with Gasteiger partial charge in [-0.05, 0) is 24.3 Å². The normalized spacial score (nSPS) is 15.3. The molecule has 0 unspecified atom stereocenters. The second kappa shape index (κ2) is 5.18. The molecule has 5 heteroatoms. The lowest BCUT2D eigenvalue weighted by Gasteiger charge is -2.27. The smallest absolute Gasteiger partial charge is 0.258 e. The van der Waals surface area contributed by atoms with Gasteiger partial charge in [0.05, 0.1) is 6.04 Å². The van der Waals surface area contributed by atoms with Gasteiger partial charge in [0, 0.05) is 18.1 Å². The molecule has 1 fully saturated rings. The predicted octanol–water partition coefficient (Wildman–Crippen LogP) is 0.807. The molecule has 1 aliphatic heterocycles. The number of amides is 1. The summed E-state index contributed by atoms with van der Waals surface area (Å²) in [5.74, 6) is 0.549. The van der Waals surface area contributed by atoms with Crippen molar-refractivity contribution in [2.24, 2.45) is 0 Å². The molecule has 1 aromatic carbocycles. The Balaban J connectivity index is 1.73. The molecule has 1 aromatic rings. The molecule has 1 saturated heterocycles. The average molecular weight is 241 g/mol. The van der Waals surface area contributed by atoms with E-state index >= 15 is 0 Å². The Morgan fingerprint density at radius 3 is 2.69 bits per heavy atom. The number of nitrogens with one attached hydrogen (secondary N) is 2. The molecule has 86 valence electrons. The lowest BCUT2D eigenvalue weighted by Crippen LogP contribution is -2.57. The molecule has 1 heterocycles. The Morgan fingerprint density at radius 1 is 1.44 bits per heavy atom. The molecule has 0 aromatic heterocycles. The van der Waals surface area contributed by atoms with Gasteiger partial charge in [0.2, 0.25) is 0 Å². The Labute approximate surface area is 98.9 Å². The van der Waals surface area contributed by atoms with Crippen molar-refractivity contribution in [1.82, 2.24) is 10.6 Å². The minimum Gasteiger partial charge on any atom is -0.484 e. The van der Waals surface area contributed by atoms with Crippen molar-refractivity contribution in [2.75, 3.05) is 19.7 Å². The third-order valence-corrected chi connectivity index (χ3v) is 2.58. The summed E-state index contributed by atoms with van der Waals surface area (Å²) < 4.78 is 5.30. The maximum absolute atomic E-state index is 11.4. The van der Waals surface area contributed by atoms with Gasteiger partial charge in [-0.15, -0.1) is 0 Å². The third-order valence-electron chi connectivity index (χ3n) is 2.33. The average Bonchev–Trinajstić information content (AvgIpc) is 2.23. The lowest BCUT2D eigenvalue weighted by atomic mass is 10.2. The minimum atomic E-state index is -0.0959. The van der Waals surface area contributed by atoms with Crippen LogP contribution in [-0.2, 0) is 4.79 Å². The Kier molecular flexibility index (Phi) is 3.64. The first-order valence-corrected chi connectivity index (χ1v) is 5.50. The highest BCUT2D eigenvalue weighted by Crippen LogP contribution is 2.15. The fourth-order valence-electron chi connectivity index (χ4n) is 1.34. The van der Waals surface area contributed by atoms with Crippen LogP contribution < -0.4 is 15.4 Å². The van der Waals surface area contributed by atoms with Gasteiger partial charge in [-0.1, -0.05) is 11.6 Å². The van der Waals surface area contributed by atoms with Crippen molar-refractivity contribution < 1.29 is 9.53 Å². The minimum absolute atomic E-state index is 0.0398. The molecule has 4 nitrogen and oxygen atoms in total. The first-order chi connectivity index (χ1) is 7.74. The molecule has 1 amide bonds. The number of halogens is 1. The topological polar surface area (TPSA) is 50.4 Å². The van der Waals surface area contributed by atoms with E-state index in [1.807, 2.05) is 0 Å². The van der Waals surface area contributed by atoms with Crippen LogP contribution in [0.2, 0.25) is 5.02 Å². The Hall–Kier alpha value is -1.26. The molecular formula is C11H13ClN2O2. The fourth-order valence-corrected chi connectivity index (χ4v) is 1.47. The van der Waals surface area contributed by atoms with Crippen LogP contribution in [0.1, 0.15) is 0 Å². The van der Waals surface area contributed by atoms with E-state index in [4.69, 9.17) is 16.3 Å². The largest absolute Gasteiger partial charge is 0.484 e. The van der Waals surface area contributed by atoms with Gasteiger partial charge in [0.15, 0.2) is 6.61 Å². The molecule has 0 bridgehead atoms. The van der Waals surface area contributed by atoms with E-state index in [1.165, 1.54) is 0 Å². The second-order valence-electron chi connectivity index (χ2n) is 3.67. The van der Waals surface area contributed by atoms with Crippen molar-refractivity contribution >= 4 is 17.5 Å². The van der Waals surface area contributed by atoms with Gasteiger partial charge in [0.25, 0.3) is 5.91 Å². The van der Waals surface area contributed by atoms with E-state index in [9.17, 15) is 4.79 Å². The summed E-state index contributed by atoms with van der Waals surface area (Å²) in [7, 11) is 0. The summed E-state index contributed by atoms with van der Waals surface area (Å²) >= 11 is 5.73. The zero-order valence-corrected chi connectivity index (χ0v) is 9.46. The standard InChI is InChI=1S/C11H13ClN2O2/c12-8-1-3-10(4-2-8)16-7-11(15)14-9-5-13-6-9/h1-4,9,13H,5-7H2,(H,14,15). The van der Waals surface area contributed by atoms with E-state index in [-0.39, 0.29) is 18.6 Å². The first-order valence-electron chi connectivity index (χ1n) is 5.12. The molecule has 2 rings (SSSR count). The van der Waals surface area contributed by atoms with Crippen molar-refractivity contribution in [3.05, 3.63) is 29.3 Å². The van der Waals surface area contributed by atoms with Crippen LogP contribution in [0.25, 0.3) is 0 Å². The summed E-state index contributed by atoms with van der Waals surface area (Å²) in [4.78, 5) is 11.4. The van der Waals surface area contributed by atoms with Crippen LogP contribution >= 0.6 is 11.6 Å². The van der Waals surface area contributed by atoms with Crippen LogP contribution in [0.5, 0.6) is 5.75 Å². The molecule has 1 aliphatic rings. The Morgan fingerprint density at radius 2 is 2.12 bits per heavy atom. The molecule has 0 radical (unpaired) electrons. The van der Waals surface area contributed by atoms with Gasteiger partial charge < -0.3 is 15.4 Å². The molecule has 2 N–H and O–H groups in total. The highest BCUT2D eigenvalue weighted by molar-refractivity contribution is 6.30. The number of carbonyl (C=O) groups is 1. The van der Waals surface area contributed by atoms with E-state index in [1.54, 1.807) is 24.3 Å². The molecule has 0 atom stereocenters. The van der Waals surface area contributed by atoms with Gasteiger partial charge in [-0.3, -0.25) is 4.79 Å². The van der Waals surface area contributed by atoms with Gasteiger partial charge >= 0.3 is 0 Å². The number of hydrogen-bond acceptors (Lipinski definition) is 3. The highest BCUT2D eigenvalue weighted by atomic mass is 35.5. The maximum Gasteiger partial charge on any atom is 0.258 e. The van der Waals surface area contributed by atoms with Crippen LogP contribution in [0.3, 0.4) is 0 Å². The summed E-state index contributed by atoms with van der Waals surface area (Å²) in [5.41, 5.74) is 0. The van der Waals surface area contributed by atoms with Crippen molar-refractivity contribution in [2.45, 2.75) is 6.04 Å². The van der Waals surface area contributed by atoms with Crippen LogP contribution in [0.15, 0.2) is 24.3 Å². The maximum atomic E-state index is 11.4. The number of rotatable bonds is 4. The number of hydrogen-bond donors (Lipinski definition) is 2. The molecular weight excluding hydrogens is 228 g/mol. The molecule has 16 heavy (non-hydrogen) atoms.